The van der Waals surface area contributed by atoms with Gasteiger partial charge in [0.25, 0.3) is 0 Å². The lowest BCUT2D eigenvalue weighted by Gasteiger charge is -2.25. The van der Waals surface area contributed by atoms with E-state index in [0.717, 1.165) is 67.1 Å². The Morgan fingerprint density at radius 2 is 1.74 bits per heavy atom. The summed E-state index contributed by atoms with van der Waals surface area (Å²) in [4.78, 5) is 10.5. The van der Waals surface area contributed by atoms with E-state index in [1.54, 1.807) is 13.2 Å². The van der Waals surface area contributed by atoms with E-state index in [9.17, 15) is 0 Å². The molecular formula is C28H30Cl2N4O. The van der Waals surface area contributed by atoms with Gasteiger partial charge in [-0.05, 0) is 61.4 Å². The zero-order chi connectivity index (χ0) is 23.9. The lowest BCUT2D eigenvalue weighted by molar-refractivity contribution is 0.195. The molecular weight excluding hydrogens is 479 g/mol. The first kappa shape index (κ1) is 23.2. The molecule has 35 heavy (non-hydrogen) atoms. The van der Waals surface area contributed by atoms with Crippen LogP contribution in [0.5, 0.6) is 0 Å². The summed E-state index contributed by atoms with van der Waals surface area (Å²) in [6, 6.07) is 14.8. The molecule has 1 heterocycles. The third kappa shape index (κ3) is 4.79. The van der Waals surface area contributed by atoms with Crippen LogP contribution in [-0.2, 0) is 11.2 Å². The Hall–Kier alpha value is -2.18. The Bertz CT molecular complexity index is 1240. The Kier molecular flexibility index (Phi) is 6.44. The van der Waals surface area contributed by atoms with Crippen molar-refractivity contribution in [1.29, 1.82) is 0 Å². The number of hydrogen-bond acceptors (Lipinski definition) is 5. The van der Waals surface area contributed by atoms with E-state index >= 15 is 0 Å². The standard InChI is InChI=1S/C28H30Cl2N4O/c1-35-13-12-31-23-14-18-4-2-3-5-20(18)26(23)34-28-25(17-8-9-17)32-27(24(33-28)16-6-7-16)21-11-10-19(29)15-22(21)30/h2-5,10-11,15-17,23,26,31H,6-9,12-14H2,1H3,(H,33,34)/t23-,26?/m1/s1. The van der Waals surface area contributed by atoms with Gasteiger partial charge in [0, 0.05) is 42.1 Å². The number of anilines is 1. The van der Waals surface area contributed by atoms with Crippen molar-refractivity contribution in [2.24, 2.45) is 0 Å². The second-order valence-corrected chi connectivity index (χ2v) is 10.8. The van der Waals surface area contributed by atoms with E-state index < -0.39 is 0 Å². The van der Waals surface area contributed by atoms with Crippen LogP contribution in [0.3, 0.4) is 0 Å². The smallest absolute Gasteiger partial charge is 0.148 e. The highest BCUT2D eigenvalue weighted by molar-refractivity contribution is 6.36. The van der Waals surface area contributed by atoms with Crippen molar-refractivity contribution in [2.75, 3.05) is 25.6 Å². The molecule has 1 aromatic heterocycles. The molecule has 2 aromatic carbocycles. The minimum absolute atomic E-state index is 0.131. The molecule has 0 bridgehead atoms. The molecule has 3 aromatic rings. The van der Waals surface area contributed by atoms with Gasteiger partial charge in [0.15, 0.2) is 0 Å². The number of rotatable bonds is 9. The fourth-order valence-corrected chi connectivity index (χ4v) is 5.69. The van der Waals surface area contributed by atoms with Gasteiger partial charge in [0.05, 0.1) is 34.8 Å². The van der Waals surface area contributed by atoms with Gasteiger partial charge in [0.1, 0.15) is 5.82 Å². The predicted octanol–water partition coefficient (Wildman–Crippen LogP) is 6.52. The Morgan fingerprint density at radius 3 is 2.49 bits per heavy atom. The molecule has 182 valence electrons. The van der Waals surface area contributed by atoms with Crippen LogP contribution in [0.1, 0.15) is 66.1 Å². The van der Waals surface area contributed by atoms with Crippen LogP contribution < -0.4 is 10.6 Å². The van der Waals surface area contributed by atoms with Crippen LogP contribution in [0.2, 0.25) is 10.0 Å². The lowest BCUT2D eigenvalue weighted by atomic mass is 10.0. The summed E-state index contributed by atoms with van der Waals surface area (Å²) in [5.41, 5.74) is 6.68. The van der Waals surface area contributed by atoms with Crippen LogP contribution >= 0.6 is 23.2 Å². The topological polar surface area (TPSA) is 59.1 Å². The summed E-state index contributed by atoms with van der Waals surface area (Å²) >= 11 is 12.8. The lowest BCUT2D eigenvalue weighted by Crippen LogP contribution is -2.38. The Morgan fingerprint density at radius 1 is 0.971 bits per heavy atom. The number of methoxy groups -OCH3 is 1. The van der Waals surface area contributed by atoms with Gasteiger partial charge in [-0.1, -0.05) is 47.5 Å². The summed E-state index contributed by atoms with van der Waals surface area (Å²) in [5, 5.41) is 8.82. The molecule has 7 heteroatoms. The van der Waals surface area contributed by atoms with Crippen molar-refractivity contribution >= 4 is 29.0 Å². The minimum atomic E-state index is 0.131. The molecule has 3 aliphatic carbocycles. The maximum atomic E-state index is 6.64. The third-order valence-electron chi connectivity index (χ3n) is 7.30. The van der Waals surface area contributed by atoms with Crippen molar-refractivity contribution in [3.8, 4) is 11.3 Å². The highest BCUT2D eigenvalue weighted by atomic mass is 35.5. The molecule has 2 fully saturated rings. The van der Waals surface area contributed by atoms with Gasteiger partial charge in [-0.25, -0.2) is 9.97 Å². The molecule has 0 radical (unpaired) electrons. The van der Waals surface area contributed by atoms with E-state index in [1.807, 2.05) is 12.1 Å². The van der Waals surface area contributed by atoms with Crippen LogP contribution in [0.25, 0.3) is 11.3 Å². The summed E-state index contributed by atoms with van der Waals surface area (Å²) in [7, 11) is 1.74. The first-order chi connectivity index (χ1) is 17.1. The number of benzene rings is 2. The van der Waals surface area contributed by atoms with Crippen molar-refractivity contribution in [3.63, 3.8) is 0 Å². The number of nitrogens with one attached hydrogen (secondary N) is 2. The first-order valence-corrected chi connectivity index (χ1v) is 13.3. The van der Waals surface area contributed by atoms with E-state index in [1.165, 1.54) is 11.1 Å². The second-order valence-electron chi connectivity index (χ2n) is 9.94. The molecule has 6 rings (SSSR count). The van der Waals surface area contributed by atoms with Gasteiger partial charge in [-0.3, -0.25) is 0 Å². The molecule has 0 saturated heterocycles. The number of ether oxygens (including phenoxy) is 1. The summed E-state index contributed by atoms with van der Waals surface area (Å²) in [6.07, 6.45) is 5.57. The third-order valence-corrected chi connectivity index (χ3v) is 7.85. The Balaban J connectivity index is 1.40. The summed E-state index contributed by atoms with van der Waals surface area (Å²) in [5.74, 6) is 1.81. The molecule has 2 N–H and O–H groups in total. The van der Waals surface area contributed by atoms with Gasteiger partial charge in [0.2, 0.25) is 0 Å². The van der Waals surface area contributed by atoms with E-state index in [4.69, 9.17) is 37.9 Å². The van der Waals surface area contributed by atoms with Crippen LogP contribution in [0.15, 0.2) is 42.5 Å². The van der Waals surface area contributed by atoms with Crippen molar-refractivity contribution in [1.82, 2.24) is 15.3 Å². The van der Waals surface area contributed by atoms with Crippen molar-refractivity contribution in [3.05, 3.63) is 75.0 Å². The molecule has 2 atom stereocenters. The van der Waals surface area contributed by atoms with Crippen LogP contribution in [0.4, 0.5) is 5.82 Å². The van der Waals surface area contributed by atoms with Gasteiger partial charge in [-0.15, -0.1) is 0 Å². The maximum Gasteiger partial charge on any atom is 0.148 e. The highest BCUT2D eigenvalue weighted by Gasteiger charge is 2.37. The normalized spacial score (nSPS) is 21.2. The Labute approximate surface area is 216 Å². The van der Waals surface area contributed by atoms with Crippen LogP contribution in [0, 0.1) is 0 Å². The van der Waals surface area contributed by atoms with Gasteiger partial charge < -0.3 is 15.4 Å². The zero-order valence-electron chi connectivity index (χ0n) is 19.9. The highest BCUT2D eigenvalue weighted by Crippen LogP contribution is 2.49. The predicted molar refractivity (Wildman–Crippen MR) is 142 cm³/mol. The fourth-order valence-electron chi connectivity index (χ4n) is 5.19. The monoisotopic (exact) mass is 508 g/mol. The quantitative estimate of drug-likeness (QED) is 0.322. The minimum Gasteiger partial charge on any atom is -0.383 e. The second kappa shape index (κ2) is 9.70. The molecule has 2 saturated carbocycles. The number of hydrogen-bond donors (Lipinski definition) is 2. The zero-order valence-corrected chi connectivity index (χ0v) is 21.4. The number of fused-ring (bicyclic) bond motifs is 1. The molecule has 0 amide bonds. The molecule has 3 aliphatic rings. The van der Waals surface area contributed by atoms with E-state index in [0.29, 0.717) is 28.5 Å². The number of nitrogens with zero attached hydrogens (tertiary/aromatic N) is 2. The summed E-state index contributed by atoms with van der Waals surface area (Å²) < 4.78 is 5.29. The average Bonchev–Trinajstić information content (AvgIpc) is 3.77. The van der Waals surface area contributed by atoms with Gasteiger partial charge >= 0.3 is 0 Å². The SMILES string of the molecule is COCCN[C@@H]1Cc2ccccc2C1Nc1nc(C2CC2)c(-c2ccc(Cl)cc2Cl)nc1C1CC1. The number of halogens is 2. The van der Waals surface area contributed by atoms with E-state index in [-0.39, 0.29) is 12.1 Å². The molecule has 0 spiro atoms. The first-order valence-electron chi connectivity index (χ1n) is 12.6. The summed E-state index contributed by atoms with van der Waals surface area (Å²) in [6.45, 7) is 1.50. The molecule has 1 unspecified atom stereocenters. The van der Waals surface area contributed by atoms with Gasteiger partial charge in [-0.2, -0.15) is 0 Å². The number of aromatic nitrogens is 2. The van der Waals surface area contributed by atoms with Crippen molar-refractivity contribution < 1.29 is 4.74 Å². The van der Waals surface area contributed by atoms with Crippen LogP contribution in [-0.4, -0.2) is 36.3 Å². The molecule has 5 nitrogen and oxygen atoms in total. The molecule has 0 aliphatic heterocycles. The fraction of sp³-hybridized carbons (Fsp3) is 0.429. The maximum absolute atomic E-state index is 6.64. The average molecular weight is 509 g/mol. The van der Waals surface area contributed by atoms with Crippen molar-refractivity contribution in [2.45, 2.75) is 56.0 Å². The largest absolute Gasteiger partial charge is 0.383 e. The van der Waals surface area contributed by atoms with E-state index in [2.05, 4.69) is 34.9 Å².